The SMILES string of the molecule is CC(C)C(O)C1=CC(O)=CC(C)(C)N1. The second-order valence-electron chi connectivity index (χ2n) is 4.70. The van der Waals surface area contributed by atoms with Crippen molar-refractivity contribution in [3.63, 3.8) is 0 Å². The first kappa shape index (κ1) is 11.1. The Morgan fingerprint density at radius 3 is 2.36 bits per heavy atom. The lowest BCUT2D eigenvalue weighted by Gasteiger charge is -2.32. The maximum Gasteiger partial charge on any atom is 0.115 e. The molecule has 3 N–H and O–H groups in total. The maximum atomic E-state index is 9.83. The van der Waals surface area contributed by atoms with Crippen molar-refractivity contribution in [2.24, 2.45) is 5.92 Å². The molecule has 0 amide bonds. The van der Waals surface area contributed by atoms with E-state index in [0.717, 1.165) is 0 Å². The van der Waals surface area contributed by atoms with Crippen LogP contribution in [0.5, 0.6) is 0 Å². The van der Waals surface area contributed by atoms with E-state index in [9.17, 15) is 10.2 Å². The van der Waals surface area contributed by atoms with E-state index >= 15 is 0 Å². The van der Waals surface area contributed by atoms with Crippen LogP contribution in [0.25, 0.3) is 0 Å². The van der Waals surface area contributed by atoms with Crippen molar-refractivity contribution in [1.29, 1.82) is 0 Å². The molecule has 0 fully saturated rings. The number of allylic oxidation sites excluding steroid dienone is 1. The molecule has 1 rings (SSSR count). The van der Waals surface area contributed by atoms with Gasteiger partial charge in [0, 0.05) is 11.8 Å². The van der Waals surface area contributed by atoms with Gasteiger partial charge >= 0.3 is 0 Å². The van der Waals surface area contributed by atoms with Crippen LogP contribution in [0.4, 0.5) is 0 Å². The van der Waals surface area contributed by atoms with Crippen molar-refractivity contribution in [3.8, 4) is 0 Å². The zero-order valence-corrected chi connectivity index (χ0v) is 9.20. The van der Waals surface area contributed by atoms with Crippen LogP contribution in [0.1, 0.15) is 27.7 Å². The number of dihydropyridines is 1. The summed E-state index contributed by atoms with van der Waals surface area (Å²) in [6.07, 6.45) is 2.75. The molecule has 0 saturated heterocycles. The lowest BCUT2D eigenvalue weighted by Crippen LogP contribution is -2.43. The summed E-state index contributed by atoms with van der Waals surface area (Å²) in [6, 6.07) is 0. The van der Waals surface area contributed by atoms with Crippen molar-refractivity contribution in [2.75, 3.05) is 0 Å². The highest BCUT2D eigenvalue weighted by Crippen LogP contribution is 2.21. The van der Waals surface area contributed by atoms with Crippen LogP contribution < -0.4 is 5.32 Å². The summed E-state index contributed by atoms with van der Waals surface area (Å²) >= 11 is 0. The van der Waals surface area contributed by atoms with E-state index < -0.39 is 6.10 Å². The molecule has 3 heteroatoms. The van der Waals surface area contributed by atoms with Gasteiger partial charge in [0.1, 0.15) is 5.76 Å². The van der Waals surface area contributed by atoms with Gasteiger partial charge in [-0.05, 0) is 25.8 Å². The van der Waals surface area contributed by atoms with Gasteiger partial charge in [0.15, 0.2) is 0 Å². The first-order valence-electron chi connectivity index (χ1n) is 4.91. The molecule has 1 atom stereocenters. The fourth-order valence-corrected chi connectivity index (χ4v) is 1.53. The van der Waals surface area contributed by atoms with Crippen molar-refractivity contribution in [3.05, 3.63) is 23.6 Å². The van der Waals surface area contributed by atoms with E-state index in [1.54, 1.807) is 12.2 Å². The van der Waals surface area contributed by atoms with Crippen LogP contribution in [0.2, 0.25) is 0 Å². The van der Waals surface area contributed by atoms with E-state index in [2.05, 4.69) is 5.32 Å². The summed E-state index contributed by atoms with van der Waals surface area (Å²) in [5.74, 6) is 0.346. The average molecular weight is 197 g/mol. The molecule has 0 aromatic carbocycles. The van der Waals surface area contributed by atoms with Gasteiger partial charge in [-0.15, -0.1) is 0 Å². The minimum Gasteiger partial charge on any atom is -0.508 e. The number of hydrogen-bond acceptors (Lipinski definition) is 3. The summed E-state index contributed by atoms with van der Waals surface area (Å²) in [5, 5.41) is 22.5. The summed E-state index contributed by atoms with van der Waals surface area (Å²) in [4.78, 5) is 0. The number of rotatable bonds is 2. The monoisotopic (exact) mass is 197 g/mol. The molecule has 0 aliphatic carbocycles. The molecule has 1 unspecified atom stereocenters. The van der Waals surface area contributed by atoms with Gasteiger partial charge in [0.25, 0.3) is 0 Å². The van der Waals surface area contributed by atoms with E-state index in [1.807, 2.05) is 27.7 Å². The smallest absolute Gasteiger partial charge is 0.115 e. The Hall–Kier alpha value is -0.960. The van der Waals surface area contributed by atoms with Crippen LogP contribution in [-0.2, 0) is 0 Å². The zero-order chi connectivity index (χ0) is 10.9. The predicted octanol–water partition coefficient (Wildman–Crippen LogP) is 1.71. The van der Waals surface area contributed by atoms with Crippen molar-refractivity contribution in [1.82, 2.24) is 5.32 Å². The topological polar surface area (TPSA) is 52.5 Å². The molecule has 1 aliphatic rings. The van der Waals surface area contributed by atoms with Crippen LogP contribution in [0.3, 0.4) is 0 Å². The fourth-order valence-electron chi connectivity index (χ4n) is 1.53. The van der Waals surface area contributed by atoms with Crippen LogP contribution in [-0.4, -0.2) is 21.9 Å². The summed E-state index contributed by atoms with van der Waals surface area (Å²) in [6.45, 7) is 7.78. The largest absolute Gasteiger partial charge is 0.508 e. The molecule has 3 nitrogen and oxygen atoms in total. The summed E-state index contributed by atoms with van der Waals surface area (Å²) in [7, 11) is 0. The summed E-state index contributed by atoms with van der Waals surface area (Å²) < 4.78 is 0. The third-order valence-corrected chi connectivity index (χ3v) is 2.23. The average Bonchev–Trinajstić information content (AvgIpc) is 1.98. The second-order valence-corrected chi connectivity index (χ2v) is 4.70. The molecule has 14 heavy (non-hydrogen) atoms. The molecule has 1 aliphatic heterocycles. The summed E-state index contributed by atoms with van der Waals surface area (Å²) in [5.41, 5.74) is 0.384. The first-order valence-corrected chi connectivity index (χ1v) is 4.91. The third kappa shape index (κ3) is 2.51. The minimum atomic E-state index is -0.551. The molecule has 0 aromatic rings. The maximum absolute atomic E-state index is 9.83. The highest BCUT2D eigenvalue weighted by Gasteiger charge is 2.25. The number of hydrogen-bond donors (Lipinski definition) is 3. The van der Waals surface area contributed by atoms with Gasteiger partial charge in [-0.3, -0.25) is 0 Å². The highest BCUT2D eigenvalue weighted by atomic mass is 16.3. The molecule has 0 aromatic heterocycles. The molecule has 0 spiro atoms. The number of nitrogens with one attached hydrogen (secondary N) is 1. The second kappa shape index (κ2) is 3.65. The van der Waals surface area contributed by atoms with Crippen LogP contribution in [0.15, 0.2) is 23.6 Å². The third-order valence-electron chi connectivity index (χ3n) is 2.23. The molecule has 0 radical (unpaired) electrons. The Bertz CT molecular complexity index is 277. The Balaban J connectivity index is 2.87. The quantitative estimate of drug-likeness (QED) is 0.631. The Morgan fingerprint density at radius 2 is 1.93 bits per heavy atom. The molecular weight excluding hydrogens is 178 g/mol. The van der Waals surface area contributed by atoms with Crippen molar-refractivity contribution < 1.29 is 10.2 Å². The standard InChI is InChI=1S/C11H19NO2/c1-7(2)10(14)9-5-8(13)6-11(3,4)12-9/h5-7,10,12-14H,1-4H3. The Kier molecular flexibility index (Phi) is 2.90. The minimum absolute atomic E-state index is 0.135. The van der Waals surface area contributed by atoms with Gasteiger partial charge in [-0.2, -0.15) is 0 Å². The van der Waals surface area contributed by atoms with Crippen molar-refractivity contribution >= 4 is 0 Å². The normalized spacial score (nSPS) is 22.4. The fraction of sp³-hybridized carbons (Fsp3) is 0.636. The molecule has 80 valence electrons. The number of aliphatic hydroxyl groups excluding tert-OH is 2. The van der Waals surface area contributed by atoms with Gasteiger partial charge in [-0.25, -0.2) is 0 Å². The Labute approximate surface area is 85.1 Å². The molecule has 0 bridgehead atoms. The van der Waals surface area contributed by atoms with Crippen LogP contribution >= 0.6 is 0 Å². The zero-order valence-electron chi connectivity index (χ0n) is 9.20. The van der Waals surface area contributed by atoms with Gasteiger partial charge in [0.2, 0.25) is 0 Å². The number of aliphatic hydroxyl groups is 2. The predicted molar refractivity (Wildman–Crippen MR) is 56.9 cm³/mol. The molecular formula is C11H19NO2. The van der Waals surface area contributed by atoms with Crippen molar-refractivity contribution in [2.45, 2.75) is 39.3 Å². The van der Waals surface area contributed by atoms with Gasteiger partial charge in [-0.1, -0.05) is 13.8 Å². The lowest BCUT2D eigenvalue weighted by molar-refractivity contribution is 0.146. The van der Waals surface area contributed by atoms with E-state index in [0.29, 0.717) is 5.70 Å². The van der Waals surface area contributed by atoms with E-state index in [-0.39, 0.29) is 17.2 Å². The van der Waals surface area contributed by atoms with Gasteiger partial charge < -0.3 is 15.5 Å². The molecule has 0 saturated carbocycles. The highest BCUT2D eigenvalue weighted by molar-refractivity contribution is 5.29. The Morgan fingerprint density at radius 1 is 1.36 bits per heavy atom. The van der Waals surface area contributed by atoms with E-state index in [4.69, 9.17) is 0 Å². The van der Waals surface area contributed by atoms with Crippen LogP contribution in [0, 0.1) is 5.92 Å². The molecule has 1 heterocycles. The first-order chi connectivity index (χ1) is 6.32. The van der Waals surface area contributed by atoms with E-state index in [1.165, 1.54) is 0 Å². The lowest BCUT2D eigenvalue weighted by atomic mass is 9.95. The van der Waals surface area contributed by atoms with Gasteiger partial charge in [0.05, 0.1) is 11.6 Å².